The van der Waals surface area contributed by atoms with Crippen molar-refractivity contribution >= 4 is 50.8 Å². The number of nitrogens with zero attached hydrogens (tertiary/aromatic N) is 4. The lowest BCUT2D eigenvalue weighted by Crippen LogP contribution is -2.51. The summed E-state index contributed by atoms with van der Waals surface area (Å²) in [5, 5.41) is 11.1. The van der Waals surface area contributed by atoms with Gasteiger partial charge in [0.1, 0.15) is 18.4 Å². The van der Waals surface area contributed by atoms with Gasteiger partial charge in [0.15, 0.2) is 0 Å². The number of hydrogen-bond acceptors (Lipinski definition) is 7. The van der Waals surface area contributed by atoms with Crippen molar-refractivity contribution in [1.82, 2.24) is 19.2 Å². The Morgan fingerprint density at radius 1 is 1.29 bits per heavy atom. The second kappa shape index (κ2) is 10.1. The molecule has 14 heteroatoms. The summed E-state index contributed by atoms with van der Waals surface area (Å²) in [6, 6.07) is 1.12. The number of nitrogens with two attached hydrogens (primary N) is 1. The van der Waals surface area contributed by atoms with Gasteiger partial charge in [0.25, 0.3) is 0 Å². The number of anilines is 1. The van der Waals surface area contributed by atoms with Gasteiger partial charge in [0.2, 0.25) is 15.9 Å². The molecule has 0 bridgehead atoms. The minimum Gasteiger partial charge on any atom is -0.396 e. The number of aryl methyl sites for hydroxylation is 1. The molecule has 1 aromatic heterocycles. The highest BCUT2D eigenvalue weighted by atomic mass is 35.5. The Morgan fingerprint density at radius 2 is 1.88 bits per heavy atom. The maximum atomic E-state index is 13.4. The molecule has 1 saturated heterocycles. The zero-order valence-electron chi connectivity index (χ0n) is 18.7. The van der Waals surface area contributed by atoms with Crippen molar-refractivity contribution in [3.8, 4) is 0 Å². The fourth-order valence-corrected chi connectivity index (χ4v) is 5.56. The van der Waals surface area contributed by atoms with Gasteiger partial charge in [-0.1, -0.05) is 42.0 Å². The van der Waals surface area contributed by atoms with Gasteiger partial charge >= 0.3 is 5.95 Å². The Labute approximate surface area is 207 Å². The summed E-state index contributed by atoms with van der Waals surface area (Å²) in [4.78, 5) is 28.9. The number of rotatable bonds is 8. The van der Waals surface area contributed by atoms with E-state index in [1.807, 2.05) is 0 Å². The second-order valence-electron chi connectivity index (χ2n) is 8.93. The predicted octanol–water partition coefficient (Wildman–Crippen LogP) is 3.07. The molecule has 1 aromatic carbocycles. The third kappa shape index (κ3) is 5.98. The van der Waals surface area contributed by atoms with Crippen LogP contribution in [0.2, 0.25) is 10.0 Å². The van der Waals surface area contributed by atoms with Crippen LogP contribution in [0.1, 0.15) is 33.1 Å². The van der Waals surface area contributed by atoms with Crippen LogP contribution in [0.5, 0.6) is 0 Å². The molecule has 3 N–H and O–H groups in total. The number of carbonyl (C=O) groups excluding carboxylic acids is 1. The Morgan fingerprint density at radius 3 is 2.44 bits per heavy atom. The number of sulfonamides is 1. The molecule has 186 valence electrons. The highest BCUT2D eigenvalue weighted by Crippen LogP contribution is 2.32. The number of aromatic nitrogens is 2. The van der Waals surface area contributed by atoms with Gasteiger partial charge < -0.3 is 20.7 Å². The van der Waals surface area contributed by atoms with Gasteiger partial charge in [0, 0.05) is 19.5 Å². The lowest BCUT2D eigenvalue weighted by Gasteiger charge is -2.38. The van der Waals surface area contributed by atoms with Gasteiger partial charge in [0.05, 0.1) is 27.2 Å². The molecule has 1 amide bonds. The van der Waals surface area contributed by atoms with Gasteiger partial charge in [-0.05, 0) is 35.3 Å². The van der Waals surface area contributed by atoms with Crippen LogP contribution in [0.4, 0.5) is 11.6 Å². The summed E-state index contributed by atoms with van der Waals surface area (Å²) >= 11 is 12.0. The number of benzene rings is 1. The van der Waals surface area contributed by atoms with E-state index in [9.17, 15) is 23.3 Å². The second-order valence-corrected chi connectivity index (χ2v) is 11.5. The van der Waals surface area contributed by atoms with E-state index in [-0.39, 0.29) is 39.0 Å². The molecule has 1 fully saturated rings. The molecule has 0 aliphatic carbocycles. The predicted molar refractivity (Wildman–Crippen MR) is 128 cm³/mol. The molecule has 1 aliphatic rings. The maximum absolute atomic E-state index is 13.4. The van der Waals surface area contributed by atoms with Crippen LogP contribution in [0, 0.1) is 15.5 Å². The third-order valence-electron chi connectivity index (χ3n) is 5.90. The SMILES string of the molecule is CC1(C)CCN(C(=O)C(CCn2ccnc2[N+](=O)[O-])NS(=O)(=O)c2cc(Cl)c(N)c(Cl)c2)CC1. The number of amides is 1. The molecule has 3 rings (SSSR count). The van der Waals surface area contributed by atoms with Crippen LogP contribution < -0.4 is 10.5 Å². The largest absolute Gasteiger partial charge is 0.434 e. The first-order valence-corrected chi connectivity index (χ1v) is 12.8. The highest BCUT2D eigenvalue weighted by molar-refractivity contribution is 7.89. The molecule has 2 heterocycles. The highest BCUT2D eigenvalue weighted by Gasteiger charge is 2.34. The molecular formula is C20H26Cl2N6O5S. The van der Waals surface area contributed by atoms with Crippen LogP contribution in [-0.4, -0.2) is 52.8 Å². The molecule has 11 nitrogen and oxygen atoms in total. The summed E-state index contributed by atoms with van der Waals surface area (Å²) in [5.41, 5.74) is 5.82. The number of nitro groups is 1. The Balaban J connectivity index is 1.86. The molecule has 34 heavy (non-hydrogen) atoms. The lowest BCUT2D eigenvalue weighted by molar-refractivity contribution is -0.396. The van der Waals surface area contributed by atoms with E-state index >= 15 is 0 Å². The molecule has 2 aromatic rings. The van der Waals surface area contributed by atoms with Crippen LogP contribution >= 0.6 is 23.2 Å². The minimum absolute atomic E-state index is 0.00216. The molecular weight excluding hydrogens is 507 g/mol. The van der Waals surface area contributed by atoms with Crippen LogP contribution in [0.15, 0.2) is 29.4 Å². The maximum Gasteiger partial charge on any atom is 0.434 e. The van der Waals surface area contributed by atoms with E-state index in [1.165, 1.54) is 17.0 Å². The Hall–Kier alpha value is -2.41. The normalized spacial score (nSPS) is 16.9. The van der Waals surface area contributed by atoms with E-state index in [0.717, 1.165) is 25.0 Å². The van der Waals surface area contributed by atoms with E-state index < -0.39 is 32.8 Å². The number of imidazole rings is 1. The third-order valence-corrected chi connectivity index (χ3v) is 7.98. The first kappa shape index (κ1) is 26.2. The Kier molecular flexibility index (Phi) is 7.75. The van der Waals surface area contributed by atoms with Crippen LogP contribution in [0.25, 0.3) is 0 Å². The van der Waals surface area contributed by atoms with Crippen molar-refractivity contribution in [2.24, 2.45) is 5.41 Å². The minimum atomic E-state index is -4.23. The molecule has 1 aliphatic heterocycles. The summed E-state index contributed by atoms with van der Waals surface area (Å²) in [6.07, 6.45) is 4.18. The topological polar surface area (TPSA) is 153 Å². The lowest BCUT2D eigenvalue weighted by atomic mass is 9.82. The Bertz CT molecular complexity index is 1170. The summed E-state index contributed by atoms with van der Waals surface area (Å²) in [7, 11) is -4.23. The van der Waals surface area contributed by atoms with Crippen molar-refractivity contribution in [3.05, 3.63) is 44.7 Å². The standard InChI is InChI=1S/C20H26Cl2N6O5S/c1-20(2)4-8-26(9-5-20)18(29)16(3-7-27-10-6-24-19(27)28(30)31)25-34(32,33)13-11-14(21)17(23)15(22)12-13/h6,10-12,16,25H,3-5,7-9,23H2,1-2H3. The quantitative estimate of drug-likeness (QED) is 0.300. The first-order chi connectivity index (χ1) is 15.8. The van der Waals surface area contributed by atoms with E-state index in [1.54, 1.807) is 4.90 Å². The summed E-state index contributed by atoms with van der Waals surface area (Å²) in [5.74, 6) is -0.805. The number of nitrogens with one attached hydrogen (secondary N) is 1. The van der Waals surface area contributed by atoms with Gasteiger partial charge in [-0.2, -0.15) is 4.72 Å². The molecule has 0 spiro atoms. The van der Waals surface area contributed by atoms with Crippen molar-refractivity contribution in [3.63, 3.8) is 0 Å². The van der Waals surface area contributed by atoms with Crippen LogP contribution in [-0.2, 0) is 21.4 Å². The fourth-order valence-electron chi connectivity index (χ4n) is 3.67. The average molecular weight is 533 g/mol. The molecule has 1 unspecified atom stereocenters. The van der Waals surface area contributed by atoms with Gasteiger partial charge in [-0.25, -0.2) is 13.0 Å². The molecule has 0 radical (unpaired) electrons. The number of halogens is 2. The number of carbonyl (C=O) groups is 1. The number of likely N-dealkylation sites (tertiary alicyclic amines) is 1. The average Bonchev–Trinajstić information content (AvgIpc) is 3.23. The molecule has 1 atom stereocenters. The van der Waals surface area contributed by atoms with Crippen LogP contribution in [0.3, 0.4) is 0 Å². The van der Waals surface area contributed by atoms with Gasteiger partial charge in [-0.3, -0.25) is 4.79 Å². The number of hydrogen-bond donors (Lipinski definition) is 2. The van der Waals surface area contributed by atoms with Crippen molar-refractivity contribution < 1.29 is 18.1 Å². The monoisotopic (exact) mass is 532 g/mol. The molecule has 0 saturated carbocycles. The number of piperidine rings is 1. The van der Waals surface area contributed by atoms with E-state index in [0.29, 0.717) is 13.1 Å². The van der Waals surface area contributed by atoms with Crippen molar-refractivity contribution in [1.29, 1.82) is 0 Å². The summed E-state index contributed by atoms with van der Waals surface area (Å²) < 4.78 is 29.9. The zero-order chi connectivity index (χ0) is 25.3. The van der Waals surface area contributed by atoms with Crippen molar-refractivity contribution in [2.45, 2.75) is 50.6 Å². The smallest absolute Gasteiger partial charge is 0.396 e. The van der Waals surface area contributed by atoms with Gasteiger partial charge in [-0.15, -0.1) is 0 Å². The van der Waals surface area contributed by atoms with E-state index in [2.05, 4.69) is 23.6 Å². The summed E-state index contributed by atoms with van der Waals surface area (Å²) in [6.45, 7) is 5.19. The number of nitrogen functional groups attached to an aromatic ring is 1. The van der Waals surface area contributed by atoms with Crippen molar-refractivity contribution in [2.75, 3.05) is 18.8 Å². The first-order valence-electron chi connectivity index (χ1n) is 10.5. The van der Waals surface area contributed by atoms with E-state index in [4.69, 9.17) is 28.9 Å². The fraction of sp³-hybridized carbons (Fsp3) is 0.500. The zero-order valence-corrected chi connectivity index (χ0v) is 21.0.